The van der Waals surface area contributed by atoms with Crippen molar-refractivity contribution in [2.75, 3.05) is 6.26 Å². The third kappa shape index (κ3) is 3.37. The van der Waals surface area contributed by atoms with Gasteiger partial charge < -0.3 is 9.84 Å². The van der Waals surface area contributed by atoms with Crippen molar-refractivity contribution in [3.8, 4) is 11.5 Å². The maximum atomic E-state index is 11.4. The summed E-state index contributed by atoms with van der Waals surface area (Å²) in [6.45, 7) is 0. The fourth-order valence-electron chi connectivity index (χ4n) is 1.65. The monoisotopic (exact) mass is 416 g/mol. The Morgan fingerprint density at radius 1 is 1.20 bits per heavy atom. The van der Waals surface area contributed by atoms with Crippen molar-refractivity contribution in [3.63, 3.8) is 0 Å². The number of hydrogen-bond acceptors (Lipinski definition) is 3. The van der Waals surface area contributed by atoms with E-state index in [0.717, 1.165) is 8.95 Å². The van der Waals surface area contributed by atoms with E-state index >= 15 is 0 Å². The smallest absolute Gasteiger partial charge is 0.340 e. The van der Waals surface area contributed by atoms with E-state index in [9.17, 15) is 9.90 Å². The number of aromatic carboxylic acids is 1. The molecule has 3 nitrogen and oxygen atoms in total. The summed E-state index contributed by atoms with van der Waals surface area (Å²) in [7, 11) is 0. The standard InChI is InChI=1S/C14H10Br2O3S/c1-20-12-4-2-3-11(13(12)14(17)18)19-10-6-5-8(15)7-9(10)16/h2-7H,1H3,(H,17,18). The lowest BCUT2D eigenvalue weighted by molar-refractivity contribution is 0.0690. The van der Waals surface area contributed by atoms with E-state index in [1.165, 1.54) is 11.8 Å². The Morgan fingerprint density at radius 3 is 2.55 bits per heavy atom. The number of carboxylic acids is 1. The van der Waals surface area contributed by atoms with E-state index in [1.807, 2.05) is 18.4 Å². The summed E-state index contributed by atoms with van der Waals surface area (Å²) in [5.41, 5.74) is 0.176. The van der Waals surface area contributed by atoms with Gasteiger partial charge in [0.2, 0.25) is 0 Å². The van der Waals surface area contributed by atoms with Gasteiger partial charge in [-0.15, -0.1) is 11.8 Å². The van der Waals surface area contributed by atoms with Gasteiger partial charge in [-0.1, -0.05) is 22.0 Å². The lowest BCUT2D eigenvalue weighted by Crippen LogP contribution is -2.02. The number of hydrogen-bond donors (Lipinski definition) is 1. The van der Waals surface area contributed by atoms with Crippen LogP contribution in [0.5, 0.6) is 11.5 Å². The summed E-state index contributed by atoms with van der Waals surface area (Å²) in [5, 5.41) is 9.36. The molecule has 2 aromatic rings. The SMILES string of the molecule is CSc1cccc(Oc2ccc(Br)cc2Br)c1C(=O)O. The summed E-state index contributed by atoms with van der Waals surface area (Å²) in [4.78, 5) is 12.1. The topological polar surface area (TPSA) is 46.5 Å². The number of ether oxygens (including phenoxy) is 1. The molecule has 0 saturated carbocycles. The van der Waals surface area contributed by atoms with Gasteiger partial charge >= 0.3 is 5.97 Å². The van der Waals surface area contributed by atoms with Crippen LogP contribution in [0.3, 0.4) is 0 Å². The van der Waals surface area contributed by atoms with Gasteiger partial charge in [-0.25, -0.2) is 4.79 Å². The first kappa shape index (κ1) is 15.4. The van der Waals surface area contributed by atoms with E-state index < -0.39 is 5.97 Å². The van der Waals surface area contributed by atoms with Gasteiger partial charge in [0, 0.05) is 9.37 Å². The van der Waals surface area contributed by atoms with Crippen molar-refractivity contribution >= 4 is 49.6 Å². The van der Waals surface area contributed by atoms with Crippen LogP contribution in [-0.4, -0.2) is 17.3 Å². The highest BCUT2D eigenvalue weighted by atomic mass is 79.9. The Kier molecular flexibility index (Phi) is 5.12. The second-order valence-electron chi connectivity index (χ2n) is 3.82. The Balaban J connectivity index is 2.45. The molecular weight excluding hydrogens is 408 g/mol. The first-order valence-electron chi connectivity index (χ1n) is 5.56. The highest BCUT2D eigenvalue weighted by molar-refractivity contribution is 9.11. The molecule has 0 aliphatic rings. The number of rotatable bonds is 4. The Bertz CT molecular complexity index is 659. The minimum atomic E-state index is -1.00. The molecule has 0 aliphatic carbocycles. The minimum absolute atomic E-state index is 0.176. The number of benzene rings is 2. The summed E-state index contributed by atoms with van der Waals surface area (Å²) in [6, 6.07) is 10.6. The van der Waals surface area contributed by atoms with Crippen LogP contribution < -0.4 is 4.74 Å². The predicted molar refractivity (Wildman–Crippen MR) is 87.1 cm³/mol. The quantitative estimate of drug-likeness (QED) is 0.674. The number of halogens is 2. The maximum Gasteiger partial charge on any atom is 0.340 e. The molecule has 0 amide bonds. The molecule has 0 bridgehead atoms. The summed E-state index contributed by atoms with van der Waals surface area (Å²) < 4.78 is 7.40. The molecule has 0 heterocycles. The Hall–Kier alpha value is -0.980. The summed E-state index contributed by atoms with van der Waals surface area (Å²) >= 11 is 8.13. The second kappa shape index (κ2) is 6.65. The maximum absolute atomic E-state index is 11.4. The molecule has 2 aromatic carbocycles. The van der Waals surface area contributed by atoms with E-state index in [2.05, 4.69) is 31.9 Å². The first-order chi connectivity index (χ1) is 9.52. The summed E-state index contributed by atoms with van der Waals surface area (Å²) in [5.74, 6) is -0.112. The van der Waals surface area contributed by atoms with Crippen molar-refractivity contribution in [1.82, 2.24) is 0 Å². The lowest BCUT2D eigenvalue weighted by Gasteiger charge is -2.12. The van der Waals surface area contributed by atoms with E-state index in [-0.39, 0.29) is 5.56 Å². The third-order valence-electron chi connectivity index (χ3n) is 2.54. The van der Waals surface area contributed by atoms with Crippen LogP contribution in [0.25, 0.3) is 0 Å². The zero-order valence-electron chi connectivity index (χ0n) is 10.4. The fraction of sp³-hybridized carbons (Fsp3) is 0.0714. The predicted octanol–water partition coefficient (Wildman–Crippen LogP) is 5.42. The average molecular weight is 418 g/mol. The van der Waals surface area contributed by atoms with Crippen molar-refractivity contribution in [2.24, 2.45) is 0 Å². The lowest BCUT2D eigenvalue weighted by atomic mass is 10.2. The molecule has 1 N–H and O–H groups in total. The molecule has 0 spiro atoms. The molecule has 0 aromatic heterocycles. The largest absolute Gasteiger partial charge is 0.478 e. The Labute approximate surface area is 137 Å². The second-order valence-corrected chi connectivity index (χ2v) is 6.43. The van der Waals surface area contributed by atoms with Gasteiger partial charge in [-0.05, 0) is 52.5 Å². The van der Waals surface area contributed by atoms with Crippen molar-refractivity contribution in [1.29, 1.82) is 0 Å². The van der Waals surface area contributed by atoms with Gasteiger partial charge in [0.1, 0.15) is 17.1 Å². The van der Waals surface area contributed by atoms with E-state index in [1.54, 1.807) is 24.3 Å². The zero-order valence-corrected chi connectivity index (χ0v) is 14.4. The fourth-order valence-corrected chi connectivity index (χ4v) is 3.39. The third-order valence-corrected chi connectivity index (χ3v) is 4.43. The van der Waals surface area contributed by atoms with Crippen LogP contribution in [0.2, 0.25) is 0 Å². The molecule has 0 atom stereocenters. The molecule has 0 saturated heterocycles. The van der Waals surface area contributed by atoms with Crippen LogP contribution in [0.4, 0.5) is 0 Å². The number of carboxylic acid groups (broad SMARTS) is 1. The molecule has 104 valence electrons. The highest BCUT2D eigenvalue weighted by Gasteiger charge is 2.17. The molecular formula is C14H10Br2O3S. The highest BCUT2D eigenvalue weighted by Crippen LogP contribution is 2.36. The molecule has 0 unspecified atom stereocenters. The molecule has 0 radical (unpaired) electrons. The van der Waals surface area contributed by atoms with Gasteiger partial charge in [-0.2, -0.15) is 0 Å². The number of carbonyl (C=O) groups is 1. The average Bonchev–Trinajstić information content (AvgIpc) is 2.41. The van der Waals surface area contributed by atoms with Gasteiger partial charge in [-0.3, -0.25) is 0 Å². The first-order valence-corrected chi connectivity index (χ1v) is 8.37. The van der Waals surface area contributed by atoms with Crippen LogP contribution in [0.15, 0.2) is 50.2 Å². The zero-order chi connectivity index (χ0) is 14.7. The summed E-state index contributed by atoms with van der Waals surface area (Å²) in [6.07, 6.45) is 1.83. The van der Waals surface area contributed by atoms with Crippen LogP contribution in [0.1, 0.15) is 10.4 Å². The molecule has 0 aliphatic heterocycles. The van der Waals surface area contributed by atoms with Gasteiger partial charge in [0.05, 0.1) is 4.47 Å². The van der Waals surface area contributed by atoms with Crippen LogP contribution in [0, 0.1) is 0 Å². The van der Waals surface area contributed by atoms with Gasteiger partial charge in [0.25, 0.3) is 0 Å². The van der Waals surface area contributed by atoms with E-state index in [4.69, 9.17) is 4.74 Å². The van der Waals surface area contributed by atoms with E-state index in [0.29, 0.717) is 16.4 Å². The molecule has 20 heavy (non-hydrogen) atoms. The minimum Gasteiger partial charge on any atom is -0.478 e. The van der Waals surface area contributed by atoms with Crippen molar-refractivity contribution < 1.29 is 14.6 Å². The molecule has 6 heteroatoms. The van der Waals surface area contributed by atoms with Gasteiger partial charge in [0.15, 0.2) is 0 Å². The normalized spacial score (nSPS) is 10.3. The number of thioether (sulfide) groups is 1. The molecule has 2 rings (SSSR count). The van der Waals surface area contributed by atoms with Crippen LogP contribution >= 0.6 is 43.6 Å². The Morgan fingerprint density at radius 2 is 1.95 bits per heavy atom. The van der Waals surface area contributed by atoms with Crippen molar-refractivity contribution in [2.45, 2.75) is 4.90 Å². The molecule has 0 fully saturated rings. The van der Waals surface area contributed by atoms with Crippen LogP contribution in [-0.2, 0) is 0 Å². The van der Waals surface area contributed by atoms with Crippen molar-refractivity contribution in [3.05, 3.63) is 50.9 Å².